The quantitative estimate of drug-likeness (QED) is 0.852. The number of nitrogens with zero attached hydrogens (tertiary/aromatic N) is 4. The Morgan fingerprint density at radius 2 is 2.09 bits per heavy atom. The summed E-state index contributed by atoms with van der Waals surface area (Å²) < 4.78 is 19.1. The largest absolute Gasteiger partial charge is 0.373 e. The van der Waals surface area contributed by atoms with Gasteiger partial charge in [-0.25, -0.2) is 14.4 Å². The van der Waals surface area contributed by atoms with E-state index < -0.39 is 5.82 Å². The van der Waals surface area contributed by atoms with Gasteiger partial charge >= 0.3 is 0 Å². The van der Waals surface area contributed by atoms with Crippen LogP contribution >= 0.6 is 0 Å². The van der Waals surface area contributed by atoms with Crippen molar-refractivity contribution in [3.05, 3.63) is 18.2 Å². The molecule has 0 aromatic carbocycles. The van der Waals surface area contributed by atoms with Crippen LogP contribution in [-0.4, -0.2) is 59.3 Å². The Labute approximate surface area is 131 Å². The van der Waals surface area contributed by atoms with Gasteiger partial charge < -0.3 is 14.5 Å². The summed E-state index contributed by atoms with van der Waals surface area (Å²) in [4.78, 5) is 12.8. The molecular formula is C16H25FN4O. The molecule has 5 nitrogen and oxygen atoms in total. The van der Waals surface area contributed by atoms with E-state index >= 15 is 0 Å². The van der Waals surface area contributed by atoms with Crippen molar-refractivity contribution in [2.45, 2.75) is 44.8 Å². The first-order valence-corrected chi connectivity index (χ1v) is 8.26. The summed E-state index contributed by atoms with van der Waals surface area (Å²) in [6, 6.07) is 0.595. The van der Waals surface area contributed by atoms with Crippen LogP contribution in [0.4, 0.5) is 10.3 Å². The maximum Gasteiger partial charge on any atom is 0.225 e. The van der Waals surface area contributed by atoms with Crippen molar-refractivity contribution >= 4 is 5.95 Å². The van der Waals surface area contributed by atoms with Crippen LogP contribution in [0, 0.1) is 5.82 Å². The van der Waals surface area contributed by atoms with Crippen LogP contribution in [-0.2, 0) is 4.74 Å². The van der Waals surface area contributed by atoms with Gasteiger partial charge in [-0.3, -0.25) is 0 Å². The first kappa shape index (κ1) is 15.6. The van der Waals surface area contributed by atoms with Crippen LogP contribution in [0.1, 0.15) is 33.1 Å². The minimum Gasteiger partial charge on any atom is -0.373 e. The second kappa shape index (κ2) is 6.46. The average molecular weight is 308 g/mol. The molecule has 1 spiro atoms. The molecule has 0 radical (unpaired) electrons. The Hall–Kier alpha value is -1.27. The summed E-state index contributed by atoms with van der Waals surface area (Å²) in [6.45, 7) is 9.11. The zero-order chi connectivity index (χ0) is 15.6. The summed E-state index contributed by atoms with van der Waals surface area (Å²) in [7, 11) is 0. The molecule has 122 valence electrons. The fraction of sp³-hybridized carbons (Fsp3) is 0.750. The van der Waals surface area contributed by atoms with E-state index in [1.54, 1.807) is 0 Å². The van der Waals surface area contributed by atoms with Crippen molar-refractivity contribution < 1.29 is 9.13 Å². The van der Waals surface area contributed by atoms with Crippen molar-refractivity contribution in [2.24, 2.45) is 0 Å². The standard InChI is InChI=1S/C16H25FN4O/c1-3-20(4-2)14-5-8-22-16(9-14)6-7-21(12-16)15-18-10-13(17)11-19-15/h10-11,14H,3-9,12H2,1-2H3/t14-,16+/m0/s1. The van der Waals surface area contributed by atoms with Gasteiger partial charge in [0.05, 0.1) is 18.0 Å². The molecule has 22 heavy (non-hydrogen) atoms. The van der Waals surface area contributed by atoms with Gasteiger partial charge in [0.15, 0.2) is 5.82 Å². The van der Waals surface area contributed by atoms with Gasteiger partial charge in [0.2, 0.25) is 5.95 Å². The number of aromatic nitrogens is 2. The van der Waals surface area contributed by atoms with E-state index in [0.717, 1.165) is 52.0 Å². The summed E-state index contributed by atoms with van der Waals surface area (Å²) in [5.74, 6) is 0.208. The average Bonchev–Trinajstić information content (AvgIpc) is 2.93. The zero-order valence-corrected chi connectivity index (χ0v) is 13.5. The van der Waals surface area contributed by atoms with Gasteiger partial charge in [-0.05, 0) is 32.4 Å². The lowest BCUT2D eigenvalue weighted by atomic mass is 9.88. The van der Waals surface area contributed by atoms with Gasteiger partial charge in [-0.15, -0.1) is 0 Å². The lowest BCUT2D eigenvalue weighted by Gasteiger charge is -2.42. The lowest BCUT2D eigenvalue weighted by Crippen LogP contribution is -2.50. The number of rotatable bonds is 4. The summed E-state index contributed by atoms with van der Waals surface area (Å²) in [5.41, 5.74) is -0.0940. The van der Waals surface area contributed by atoms with E-state index in [2.05, 4.69) is 33.6 Å². The lowest BCUT2D eigenvalue weighted by molar-refractivity contribution is -0.0913. The molecule has 6 heteroatoms. The molecule has 3 rings (SSSR count). The highest BCUT2D eigenvalue weighted by Crippen LogP contribution is 2.36. The van der Waals surface area contributed by atoms with E-state index in [-0.39, 0.29) is 5.60 Å². The van der Waals surface area contributed by atoms with Crippen LogP contribution in [0.25, 0.3) is 0 Å². The normalized spacial score (nSPS) is 28.7. The summed E-state index contributed by atoms with van der Waals surface area (Å²) in [5, 5.41) is 0. The third-order valence-corrected chi connectivity index (χ3v) is 5.00. The van der Waals surface area contributed by atoms with Crippen molar-refractivity contribution in [3.8, 4) is 0 Å². The van der Waals surface area contributed by atoms with Crippen LogP contribution in [0.2, 0.25) is 0 Å². The molecule has 2 saturated heterocycles. The molecule has 3 heterocycles. The van der Waals surface area contributed by atoms with Gasteiger partial charge in [0.1, 0.15) is 0 Å². The molecule has 2 aliphatic heterocycles. The van der Waals surface area contributed by atoms with E-state index in [9.17, 15) is 4.39 Å². The minimum atomic E-state index is -0.395. The Kier molecular flexibility index (Phi) is 4.59. The maximum absolute atomic E-state index is 13.0. The summed E-state index contributed by atoms with van der Waals surface area (Å²) in [6.07, 6.45) is 5.62. The molecule has 2 atom stereocenters. The number of anilines is 1. The van der Waals surface area contributed by atoms with E-state index in [1.807, 2.05) is 0 Å². The van der Waals surface area contributed by atoms with Crippen LogP contribution in [0.3, 0.4) is 0 Å². The number of hydrogen-bond donors (Lipinski definition) is 0. The Morgan fingerprint density at radius 3 is 2.77 bits per heavy atom. The van der Waals surface area contributed by atoms with E-state index in [0.29, 0.717) is 12.0 Å². The van der Waals surface area contributed by atoms with Gasteiger partial charge in [-0.1, -0.05) is 13.8 Å². The molecule has 2 aliphatic rings. The number of halogens is 1. The number of hydrogen-bond acceptors (Lipinski definition) is 5. The number of ether oxygens (including phenoxy) is 1. The Bertz CT molecular complexity index is 493. The fourth-order valence-corrected chi connectivity index (χ4v) is 3.82. The molecule has 1 aromatic rings. The monoisotopic (exact) mass is 308 g/mol. The molecule has 0 aliphatic carbocycles. The predicted octanol–water partition coefficient (Wildman–Crippen LogP) is 2.09. The molecule has 2 fully saturated rings. The topological polar surface area (TPSA) is 41.5 Å². The fourth-order valence-electron chi connectivity index (χ4n) is 3.82. The predicted molar refractivity (Wildman–Crippen MR) is 83.4 cm³/mol. The highest BCUT2D eigenvalue weighted by Gasteiger charge is 2.44. The highest BCUT2D eigenvalue weighted by atomic mass is 19.1. The van der Waals surface area contributed by atoms with E-state index in [4.69, 9.17) is 4.74 Å². The van der Waals surface area contributed by atoms with E-state index in [1.165, 1.54) is 12.4 Å². The SMILES string of the molecule is CCN(CC)[C@H]1CCO[C@]2(CCN(c3ncc(F)cn3)C2)C1. The second-order valence-electron chi connectivity index (χ2n) is 6.27. The third kappa shape index (κ3) is 3.08. The van der Waals surface area contributed by atoms with Gasteiger partial charge in [0, 0.05) is 25.7 Å². The minimum absolute atomic E-state index is 0.0940. The van der Waals surface area contributed by atoms with Crippen molar-refractivity contribution in [3.63, 3.8) is 0 Å². The van der Waals surface area contributed by atoms with Crippen molar-refractivity contribution in [1.29, 1.82) is 0 Å². The Balaban J connectivity index is 1.68. The van der Waals surface area contributed by atoms with Crippen molar-refractivity contribution in [2.75, 3.05) is 37.7 Å². The maximum atomic E-state index is 13.0. The van der Waals surface area contributed by atoms with Gasteiger partial charge in [-0.2, -0.15) is 0 Å². The van der Waals surface area contributed by atoms with Crippen LogP contribution in [0.15, 0.2) is 12.4 Å². The highest BCUT2D eigenvalue weighted by molar-refractivity contribution is 5.32. The smallest absolute Gasteiger partial charge is 0.225 e. The third-order valence-electron chi connectivity index (χ3n) is 5.00. The first-order valence-electron chi connectivity index (χ1n) is 8.26. The van der Waals surface area contributed by atoms with Crippen LogP contribution < -0.4 is 4.90 Å². The molecular weight excluding hydrogens is 283 g/mol. The first-order chi connectivity index (χ1) is 10.7. The summed E-state index contributed by atoms with van der Waals surface area (Å²) >= 11 is 0. The molecule has 0 unspecified atom stereocenters. The molecule has 0 N–H and O–H groups in total. The second-order valence-corrected chi connectivity index (χ2v) is 6.27. The van der Waals surface area contributed by atoms with Crippen molar-refractivity contribution in [1.82, 2.24) is 14.9 Å². The molecule has 0 saturated carbocycles. The Morgan fingerprint density at radius 1 is 1.36 bits per heavy atom. The van der Waals surface area contributed by atoms with Crippen LogP contribution in [0.5, 0.6) is 0 Å². The van der Waals surface area contributed by atoms with Gasteiger partial charge in [0.25, 0.3) is 0 Å². The zero-order valence-electron chi connectivity index (χ0n) is 13.5. The molecule has 0 amide bonds. The molecule has 1 aromatic heterocycles. The molecule has 0 bridgehead atoms.